The highest BCUT2D eigenvalue weighted by Crippen LogP contribution is 2.25. The summed E-state index contributed by atoms with van der Waals surface area (Å²) in [6, 6.07) is 11.0. The first-order chi connectivity index (χ1) is 11.4. The Labute approximate surface area is 144 Å². The number of benzene rings is 2. The summed E-state index contributed by atoms with van der Waals surface area (Å²) in [5.41, 5.74) is 1.11. The summed E-state index contributed by atoms with van der Waals surface area (Å²) in [7, 11) is 1.50. The molecule has 0 aliphatic rings. The topological polar surface area (TPSA) is 78.7 Å². The second-order valence-electron chi connectivity index (χ2n) is 5.12. The van der Waals surface area contributed by atoms with Crippen LogP contribution < -0.4 is 4.74 Å². The van der Waals surface area contributed by atoms with Crippen molar-refractivity contribution in [3.05, 3.63) is 68.7 Å². The first-order valence-corrected chi connectivity index (χ1v) is 7.54. The Balaban J connectivity index is 2.08. The minimum absolute atomic E-state index is 0.0109. The van der Waals surface area contributed by atoms with E-state index in [0.29, 0.717) is 21.9 Å². The van der Waals surface area contributed by atoms with Gasteiger partial charge in [0, 0.05) is 22.7 Å². The predicted molar refractivity (Wildman–Crippen MR) is 89.3 cm³/mol. The molecule has 0 bridgehead atoms. The number of halogens is 1. The van der Waals surface area contributed by atoms with Crippen LogP contribution in [0.5, 0.6) is 5.75 Å². The quantitative estimate of drug-likeness (QED) is 0.445. The molecule has 1 atom stereocenters. The Morgan fingerprint density at radius 3 is 2.71 bits per heavy atom. The Kier molecular flexibility index (Phi) is 5.76. The lowest BCUT2D eigenvalue weighted by atomic mass is 10.1. The summed E-state index contributed by atoms with van der Waals surface area (Å²) < 4.78 is 10.5. The molecule has 6 nitrogen and oxygen atoms in total. The average molecular weight is 350 g/mol. The van der Waals surface area contributed by atoms with Crippen molar-refractivity contribution in [3.8, 4) is 5.75 Å². The zero-order valence-corrected chi connectivity index (χ0v) is 13.9. The number of carbonyl (C=O) groups is 1. The third-order valence-corrected chi connectivity index (χ3v) is 3.67. The van der Waals surface area contributed by atoms with E-state index in [1.54, 1.807) is 37.3 Å². The van der Waals surface area contributed by atoms with Gasteiger partial charge in [-0.15, -0.1) is 0 Å². The molecule has 0 N–H and O–H groups in total. The van der Waals surface area contributed by atoms with Crippen molar-refractivity contribution in [1.29, 1.82) is 0 Å². The van der Waals surface area contributed by atoms with Crippen LogP contribution in [0.1, 0.15) is 24.2 Å². The van der Waals surface area contributed by atoms with Crippen molar-refractivity contribution in [2.45, 2.75) is 19.4 Å². The van der Waals surface area contributed by atoms with Crippen LogP contribution in [-0.4, -0.2) is 18.0 Å². The summed E-state index contributed by atoms with van der Waals surface area (Å²) in [4.78, 5) is 22.5. The van der Waals surface area contributed by atoms with Crippen LogP contribution in [0.3, 0.4) is 0 Å². The molecule has 0 saturated heterocycles. The summed E-state index contributed by atoms with van der Waals surface area (Å²) >= 11 is 5.93. The molecule has 0 heterocycles. The van der Waals surface area contributed by atoms with E-state index in [4.69, 9.17) is 21.1 Å². The van der Waals surface area contributed by atoms with Gasteiger partial charge in [-0.1, -0.05) is 23.7 Å². The van der Waals surface area contributed by atoms with Crippen molar-refractivity contribution in [2.24, 2.45) is 0 Å². The van der Waals surface area contributed by atoms with Gasteiger partial charge in [0.05, 0.1) is 18.5 Å². The maximum atomic E-state index is 12.1. The smallest absolute Gasteiger partial charge is 0.311 e. The van der Waals surface area contributed by atoms with Crippen molar-refractivity contribution in [2.75, 3.05) is 7.11 Å². The molecule has 2 aromatic rings. The zero-order chi connectivity index (χ0) is 17.7. The summed E-state index contributed by atoms with van der Waals surface area (Å²) in [6.45, 7) is 1.66. The van der Waals surface area contributed by atoms with Gasteiger partial charge in [0.25, 0.3) is 5.69 Å². The monoisotopic (exact) mass is 349 g/mol. The molecule has 0 amide bonds. The number of nitro groups is 1. The van der Waals surface area contributed by atoms with E-state index in [-0.39, 0.29) is 12.1 Å². The molecular formula is C17H16ClNO5. The first-order valence-electron chi connectivity index (χ1n) is 7.17. The fourth-order valence-electron chi connectivity index (χ4n) is 2.24. The number of nitro benzene ring substituents is 1. The molecule has 0 aliphatic carbocycles. The third kappa shape index (κ3) is 4.45. The molecule has 0 aromatic heterocycles. The highest BCUT2D eigenvalue weighted by atomic mass is 35.5. The van der Waals surface area contributed by atoms with E-state index in [0.717, 1.165) is 0 Å². The third-order valence-electron chi connectivity index (χ3n) is 3.44. The van der Waals surface area contributed by atoms with E-state index in [1.807, 2.05) is 0 Å². The first kappa shape index (κ1) is 17.7. The van der Waals surface area contributed by atoms with Gasteiger partial charge in [0.1, 0.15) is 11.9 Å². The lowest BCUT2D eigenvalue weighted by molar-refractivity contribution is -0.385. The van der Waals surface area contributed by atoms with E-state index in [9.17, 15) is 14.9 Å². The molecule has 0 spiro atoms. The van der Waals surface area contributed by atoms with Gasteiger partial charge in [-0.3, -0.25) is 14.9 Å². The highest BCUT2D eigenvalue weighted by molar-refractivity contribution is 6.30. The Bertz CT molecular complexity index is 762. The van der Waals surface area contributed by atoms with Crippen molar-refractivity contribution >= 4 is 23.3 Å². The standard InChI is InChI=1S/C17H16ClNO5/c1-11(12-4-3-5-15(9-12)19(21)22)24-17(20)10-13-8-14(18)6-7-16(13)23-2/h3-9,11H,10H2,1-2H3/t11-/m0/s1. The van der Waals surface area contributed by atoms with E-state index in [2.05, 4.69) is 0 Å². The molecule has 0 aliphatic heterocycles. The van der Waals surface area contributed by atoms with Crippen LogP contribution in [-0.2, 0) is 16.0 Å². The Morgan fingerprint density at radius 2 is 2.04 bits per heavy atom. The van der Waals surface area contributed by atoms with Gasteiger partial charge < -0.3 is 9.47 Å². The maximum absolute atomic E-state index is 12.1. The number of rotatable bonds is 6. The average Bonchev–Trinajstić information content (AvgIpc) is 2.55. The van der Waals surface area contributed by atoms with Crippen molar-refractivity contribution in [1.82, 2.24) is 0 Å². The summed E-state index contributed by atoms with van der Waals surface area (Å²) in [6.07, 6.45) is -0.620. The molecule has 0 unspecified atom stereocenters. The molecule has 126 valence electrons. The number of hydrogen-bond acceptors (Lipinski definition) is 5. The maximum Gasteiger partial charge on any atom is 0.311 e. The van der Waals surface area contributed by atoms with Crippen LogP contribution >= 0.6 is 11.6 Å². The molecule has 0 saturated carbocycles. The lowest BCUT2D eigenvalue weighted by Gasteiger charge is -2.14. The number of carbonyl (C=O) groups excluding carboxylic acids is 1. The molecule has 7 heteroatoms. The number of methoxy groups -OCH3 is 1. The normalized spacial score (nSPS) is 11.6. The Hall–Kier alpha value is -2.60. The van der Waals surface area contributed by atoms with Gasteiger partial charge >= 0.3 is 5.97 Å². The summed E-state index contributed by atoms with van der Waals surface area (Å²) in [5.74, 6) is 0.0638. The van der Waals surface area contributed by atoms with Gasteiger partial charge in [0.2, 0.25) is 0 Å². The molecule has 2 rings (SSSR count). The van der Waals surface area contributed by atoms with Crippen molar-refractivity contribution < 1.29 is 19.2 Å². The zero-order valence-electron chi connectivity index (χ0n) is 13.2. The number of nitrogens with zero attached hydrogens (tertiary/aromatic N) is 1. The van der Waals surface area contributed by atoms with Gasteiger partial charge in [-0.2, -0.15) is 0 Å². The second-order valence-corrected chi connectivity index (χ2v) is 5.55. The molecule has 0 radical (unpaired) electrons. The minimum Gasteiger partial charge on any atom is -0.496 e. The van der Waals surface area contributed by atoms with Crippen LogP contribution in [0.2, 0.25) is 5.02 Å². The van der Waals surface area contributed by atoms with E-state index < -0.39 is 17.0 Å². The van der Waals surface area contributed by atoms with Gasteiger partial charge in [0.15, 0.2) is 0 Å². The van der Waals surface area contributed by atoms with Crippen LogP contribution in [0.4, 0.5) is 5.69 Å². The van der Waals surface area contributed by atoms with Crippen molar-refractivity contribution in [3.63, 3.8) is 0 Å². The number of ether oxygens (including phenoxy) is 2. The van der Waals surface area contributed by atoms with Crippen LogP contribution in [0, 0.1) is 10.1 Å². The number of hydrogen-bond donors (Lipinski definition) is 0. The summed E-state index contributed by atoms with van der Waals surface area (Å²) in [5, 5.41) is 11.3. The SMILES string of the molecule is COc1ccc(Cl)cc1CC(=O)O[C@@H](C)c1cccc([N+](=O)[O-])c1. The van der Waals surface area contributed by atoms with E-state index in [1.165, 1.54) is 19.2 Å². The molecular weight excluding hydrogens is 334 g/mol. The van der Waals surface area contributed by atoms with Gasteiger partial charge in [-0.25, -0.2) is 0 Å². The predicted octanol–water partition coefficient (Wildman–Crippen LogP) is 4.10. The minimum atomic E-state index is -0.609. The lowest BCUT2D eigenvalue weighted by Crippen LogP contribution is -2.12. The van der Waals surface area contributed by atoms with Crippen LogP contribution in [0.15, 0.2) is 42.5 Å². The fraction of sp³-hybridized carbons (Fsp3) is 0.235. The Morgan fingerprint density at radius 1 is 1.29 bits per heavy atom. The highest BCUT2D eigenvalue weighted by Gasteiger charge is 2.17. The number of esters is 1. The van der Waals surface area contributed by atoms with Gasteiger partial charge in [-0.05, 0) is 30.7 Å². The fourth-order valence-corrected chi connectivity index (χ4v) is 2.43. The van der Waals surface area contributed by atoms with Crippen LogP contribution in [0.25, 0.3) is 0 Å². The molecule has 0 fully saturated rings. The second kappa shape index (κ2) is 7.79. The molecule has 2 aromatic carbocycles. The van der Waals surface area contributed by atoms with E-state index >= 15 is 0 Å². The largest absolute Gasteiger partial charge is 0.496 e. The molecule has 24 heavy (non-hydrogen) atoms. The number of non-ortho nitro benzene ring substituents is 1.